The molecule has 1 heterocycles. The Morgan fingerprint density at radius 2 is 1.76 bits per heavy atom. The minimum atomic E-state index is -0.320. The molecule has 0 saturated carbocycles. The van der Waals surface area contributed by atoms with Crippen LogP contribution in [0, 0.1) is 19.7 Å². The van der Waals surface area contributed by atoms with E-state index in [1.165, 1.54) is 16.9 Å². The minimum absolute atomic E-state index is 0.0940. The molecule has 0 bridgehead atoms. The molecule has 0 spiro atoms. The Morgan fingerprint density at radius 3 is 2.48 bits per heavy atom. The van der Waals surface area contributed by atoms with Gasteiger partial charge in [0.1, 0.15) is 22.6 Å². The van der Waals surface area contributed by atoms with Crippen LogP contribution in [0.3, 0.4) is 0 Å². The number of ether oxygens (including phenoxy) is 1. The monoisotopic (exact) mass is 390 g/mol. The molecule has 0 radical (unpaired) electrons. The Bertz CT molecular complexity index is 1190. The largest absolute Gasteiger partial charge is 0.484 e. The highest BCUT2D eigenvalue weighted by Gasteiger charge is 2.11. The van der Waals surface area contributed by atoms with Crippen molar-refractivity contribution in [1.29, 1.82) is 0 Å². The van der Waals surface area contributed by atoms with E-state index < -0.39 is 0 Å². The number of hydrogen-bond acceptors (Lipinski definition) is 4. The van der Waals surface area contributed by atoms with E-state index in [-0.39, 0.29) is 18.3 Å². The van der Waals surface area contributed by atoms with E-state index in [1.54, 1.807) is 18.2 Å². The average molecular weight is 390 g/mol. The van der Waals surface area contributed by atoms with Gasteiger partial charge in [-0.1, -0.05) is 12.1 Å². The summed E-state index contributed by atoms with van der Waals surface area (Å²) in [7, 11) is 0. The summed E-state index contributed by atoms with van der Waals surface area (Å²) in [5.74, 6) is 0.0635. The summed E-state index contributed by atoms with van der Waals surface area (Å²) in [6, 6.07) is 17.1. The summed E-state index contributed by atoms with van der Waals surface area (Å²) >= 11 is 0. The van der Waals surface area contributed by atoms with Crippen LogP contribution in [-0.2, 0) is 4.79 Å². The Hall–Kier alpha value is -3.74. The zero-order chi connectivity index (χ0) is 20.4. The van der Waals surface area contributed by atoms with Crippen LogP contribution in [0.25, 0.3) is 16.7 Å². The van der Waals surface area contributed by atoms with Gasteiger partial charge >= 0.3 is 0 Å². The number of anilines is 1. The summed E-state index contributed by atoms with van der Waals surface area (Å²) in [5.41, 5.74) is 4.51. The maximum Gasteiger partial charge on any atom is 0.262 e. The number of amides is 1. The van der Waals surface area contributed by atoms with Crippen LogP contribution in [0.4, 0.5) is 10.1 Å². The third kappa shape index (κ3) is 4.24. The predicted octanol–water partition coefficient (Wildman–Crippen LogP) is 4.19. The van der Waals surface area contributed by atoms with Crippen molar-refractivity contribution in [1.82, 2.24) is 15.0 Å². The molecule has 0 unspecified atom stereocenters. The number of benzene rings is 3. The van der Waals surface area contributed by atoms with Crippen LogP contribution in [-0.4, -0.2) is 27.5 Å². The number of hydrogen-bond donors (Lipinski definition) is 1. The van der Waals surface area contributed by atoms with Gasteiger partial charge < -0.3 is 10.1 Å². The summed E-state index contributed by atoms with van der Waals surface area (Å²) in [6.07, 6.45) is 0. The van der Waals surface area contributed by atoms with Gasteiger partial charge in [0.2, 0.25) is 0 Å². The molecule has 6 nitrogen and oxygen atoms in total. The number of nitrogens with one attached hydrogen (secondary N) is 1. The van der Waals surface area contributed by atoms with Crippen molar-refractivity contribution in [2.75, 3.05) is 11.9 Å². The molecule has 146 valence electrons. The lowest BCUT2D eigenvalue weighted by molar-refractivity contribution is -0.118. The van der Waals surface area contributed by atoms with Gasteiger partial charge in [0.05, 0.1) is 5.69 Å². The van der Waals surface area contributed by atoms with E-state index >= 15 is 0 Å². The summed E-state index contributed by atoms with van der Waals surface area (Å²) < 4.78 is 18.7. The van der Waals surface area contributed by atoms with E-state index in [0.717, 1.165) is 11.1 Å². The van der Waals surface area contributed by atoms with Crippen LogP contribution in [0.15, 0.2) is 60.7 Å². The van der Waals surface area contributed by atoms with Crippen LogP contribution in [0.5, 0.6) is 5.75 Å². The third-order valence-electron chi connectivity index (χ3n) is 4.42. The van der Waals surface area contributed by atoms with Gasteiger partial charge in [-0.3, -0.25) is 4.79 Å². The van der Waals surface area contributed by atoms with E-state index in [2.05, 4.69) is 15.5 Å². The molecular formula is C22H19FN4O2. The maximum atomic E-state index is 13.1. The van der Waals surface area contributed by atoms with Crippen LogP contribution >= 0.6 is 0 Å². The summed E-state index contributed by atoms with van der Waals surface area (Å²) in [4.78, 5) is 13.7. The molecule has 0 aliphatic rings. The first-order valence-corrected chi connectivity index (χ1v) is 9.11. The highest BCUT2D eigenvalue weighted by atomic mass is 19.1. The number of fused-ring (bicyclic) bond motifs is 1. The van der Waals surface area contributed by atoms with Crippen molar-refractivity contribution in [3.8, 4) is 11.4 Å². The number of halogens is 1. The zero-order valence-corrected chi connectivity index (χ0v) is 16.0. The van der Waals surface area contributed by atoms with Crippen molar-refractivity contribution in [3.05, 3.63) is 77.6 Å². The highest BCUT2D eigenvalue weighted by molar-refractivity contribution is 5.95. The van der Waals surface area contributed by atoms with Crippen molar-refractivity contribution in [2.24, 2.45) is 0 Å². The number of rotatable bonds is 5. The first-order chi connectivity index (χ1) is 14.0. The number of aryl methyl sites for hydroxylation is 2. The van der Waals surface area contributed by atoms with Crippen molar-refractivity contribution >= 4 is 22.6 Å². The van der Waals surface area contributed by atoms with Gasteiger partial charge in [-0.25, -0.2) is 4.39 Å². The van der Waals surface area contributed by atoms with Gasteiger partial charge in [-0.2, -0.15) is 4.80 Å². The summed E-state index contributed by atoms with van der Waals surface area (Å²) in [5, 5.41) is 11.7. The molecule has 29 heavy (non-hydrogen) atoms. The Morgan fingerprint density at radius 1 is 1.03 bits per heavy atom. The number of nitrogens with zero attached hydrogens (tertiary/aromatic N) is 3. The van der Waals surface area contributed by atoms with Crippen LogP contribution < -0.4 is 10.1 Å². The molecular weight excluding hydrogens is 371 g/mol. The smallest absolute Gasteiger partial charge is 0.262 e. The number of aromatic nitrogens is 3. The lowest BCUT2D eigenvalue weighted by Crippen LogP contribution is -2.20. The van der Waals surface area contributed by atoms with Gasteiger partial charge in [0, 0.05) is 5.69 Å². The van der Waals surface area contributed by atoms with Crippen molar-refractivity contribution < 1.29 is 13.9 Å². The molecule has 0 atom stereocenters. The second kappa shape index (κ2) is 7.71. The van der Waals surface area contributed by atoms with Gasteiger partial charge in [-0.15, -0.1) is 10.2 Å². The van der Waals surface area contributed by atoms with Gasteiger partial charge in [-0.05, 0) is 73.5 Å². The van der Waals surface area contributed by atoms with Gasteiger partial charge in [0.15, 0.2) is 6.61 Å². The normalized spacial score (nSPS) is 10.9. The highest BCUT2D eigenvalue weighted by Crippen LogP contribution is 2.22. The molecule has 3 aromatic carbocycles. The molecule has 1 amide bonds. The molecule has 1 aromatic heterocycles. The fourth-order valence-electron chi connectivity index (χ4n) is 2.93. The molecule has 7 heteroatoms. The first kappa shape index (κ1) is 18.6. The van der Waals surface area contributed by atoms with Crippen LogP contribution in [0.1, 0.15) is 11.1 Å². The van der Waals surface area contributed by atoms with Crippen LogP contribution in [0.2, 0.25) is 0 Å². The third-order valence-corrected chi connectivity index (χ3v) is 4.42. The zero-order valence-electron chi connectivity index (χ0n) is 16.0. The van der Waals surface area contributed by atoms with Gasteiger partial charge in [0.25, 0.3) is 5.91 Å². The fraction of sp³-hybridized carbons (Fsp3) is 0.136. The SMILES string of the molecule is Cc1cccc(OCC(=O)Nc2cc3nn(-c4ccc(F)cc4)nc3cc2C)c1. The Kier molecular flexibility index (Phi) is 4.95. The maximum absolute atomic E-state index is 13.1. The lowest BCUT2D eigenvalue weighted by Gasteiger charge is -2.10. The standard InChI is InChI=1S/C22H19FN4O2/c1-14-4-3-5-18(10-14)29-13-22(28)24-19-12-21-20(11-15(19)2)25-27(26-21)17-8-6-16(23)7-9-17/h3-12H,13H2,1-2H3,(H,24,28). The summed E-state index contributed by atoms with van der Waals surface area (Å²) in [6.45, 7) is 3.75. The second-order valence-corrected chi connectivity index (χ2v) is 6.78. The van der Waals surface area contributed by atoms with Crippen molar-refractivity contribution in [3.63, 3.8) is 0 Å². The topological polar surface area (TPSA) is 69.0 Å². The van der Waals surface area contributed by atoms with E-state index in [9.17, 15) is 9.18 Å². The Labute approximate surface area is 166 Å². The lowest BCUT2D eigenvalue weighted by atomic mass is 10.1. The number of carbonyl (C=O) groups excluding carboxylic acids is 1. The molecule has 4 rings (SSSR count). The average Bonchev–Trinajstić information content (AvgIpc) is 3.10. The Balaban J connectivity index is 1.50. The fourth-order valence-corrected chi connectivity index (χ4v) is 2.93. The first-order valence-electron chi connectivity index (χ1n) is 9.11. The van der Waals surface area contributed by atoms with E-state index in [1.807, 2.05) is 44.2 Å². The van der Waals surface area contributed by atoms with E-state index in [4.69, 9.17) is 4.74 Å². The molecule has 0 fully saturated rings. The molecule has 0 aliphatic heterocycles. The molecule has 4 aromatic rings. The number of carbonyl (C=O) groups is 1. The minimum Gasteiger partial charge on any atom is -0.484 e. The predicted molar refractivity (Wildman–Crippen MR) is 109 cm³/mol. The molecule has 0 aliphatic carbocycles. The molecule has 1 N–H and O–H groups in total. The van der Waals surface area contributed by atoms with Crippen molar-refractivity contribution in [2.45, 2.75) is 13.8 Å². The quantitative estimate of drug-likeness (QED) is 0.555. The van der Waals surface area contributed by atoms with E-state index in [0.29, 0.717) is 28.2 Å². The second-order valence-electron chi connectivity index (χ2n) is 6.78. The molecule has 0 saturated heterocycles.